The van der Waals surface area contributed by atoms with Gasteiger partial charge in [-0.05, 0) is 69.1 Å². The van der Waals surface area contributed by atoms with Crippen LogP contribution in [0.25, 0.3) is 0 Å². The van der Waals surface area contributed by atoms with Gasteiger partial charge in [0.2, 0.25) is 0 Å². The molecule has 4 rings (SSSR count). The predicted octanol–water partition coefficient (Wildman–Crippen LogP) is 3.41. The Balaban J connectivity index is 1.41. The maximum Gasteiger partial charge on any atom is 0.337 e. The molecule has 0 aliphatic carbocycles. The fourth-order valence-corrected chi connectivity index (χ4v) is 5.72. The summed E-state index contributed by atoms with van der Waals surface area (Å²) in [4.78, 5) is 65.5. The quantitative estimate of drug-likeness (QED) is 0.192. The molecule has 2 N–H and O–H groups in total. The van der Waals surface area contributed by atoms with Crippen LogP contribution in [0.2, 0.25) is 0 Å². The highest BCUT2D eigenvalue weighted by molar-refractivity contribution is 6.01. The van der Waals surface area contributed by atoms with Crippen LogP contribution in [0, 0.1) is 10.1 Å². The number of urea groups is 2. The Bertz CT molecular complexity index is 1400. The van der Waals surface area contributed by atoms with Crippen LogP contribution < -0.4 is 10.6 Å². The molecule has 13 heteroatoms. The number of rotatable bonds is 9. The summed E-state index contributed by atoms with van der Waals surface area (Å²) in [7, 11) is 2.59. The largest absolute Gasteiger partial charge is 0.468 e. The zero-order valence-corrected chi connectivity index (χ0v) is 24.3. The molecule has 43 heavy (non-hydrogen) atoms. The van der Waals surface area contributed by atoms with Gasteiger partial charge in [-0.1, -0.05) is 30.3 Å². The number of methoxy groups -OCH3 is 2. The van der Waals surface area contributed by atoms with E-state index in [0.29, 0.717) is 44.5 Å². The van der Waals surface area contributed by atoms with Crippen LogP contribution in [-0.4, -0.2) is 79.1 Å². The molecular formula is C30H35N5O8. The highest BCUT2D eigenvalue weighted by Gasteiger charge is 2.44. The topological polar surface area (TPSA) is 160 Å². The van der Waals surface area contributed by atoms with Crippen molar-refractivity contribution in [1.82, 2.24) is 20.4 Å². The summed E-state index contributed by atoms with van der Waals surface area (Å²) in [5, 5.41) is 16.4. The monoisotopic (exact) mass is 593 g/mol. The number of nitrogens with zero attached hydrogens (tertiary/aromatic N) is 3. The normalized spacial score (nSPS) is 18.4. The Hall–Kier alpha value is -4.78. The number of hydrogen-bond acceptors (Lipinski definition) is 9. The van der Waals surface area contributed by atoms with Gasteiger partial charge in [-0.2, -0.15) is 0 Å². The molecule has 4 amide bonds. The molecule has 2 heterocycles. The Morgan fingerprint density at radius 1 is 1.05 bits per heavy atom. The molecule has 2 aromatic carbocycles. The number of nitrogens with one attached hydrogen (secondary N) is 2. The molecule has 1 saturated heterocycles. The van der Waals surface area contributed by atoms with Gasteiger partial charge in [-0.15, -0.1) is 0 Å². The van der Waals surface area contributed by atoms with Crippen LogP contribution in [0.3, 0.4) is 0 Å². The summed E-state index contributed by atoms with van der Waals surface area (Å²) >= 11 is 0. The van der Waals surface area contributed by atoms with E-state index in [0.717, 1.165) is 10.5 Å². The second-order valence-electron chi connectivity index (χ2n) is 10.4. The minimum Gasteiger partial charge on any atom is -0.468 e. The molecular weight excluding hydrogens is 558 g/mol. The van der Waals surface area contributed by atoms with Gasteiger partial charge < -0.3 is 25.0 Å². The number of amides is 4. The standard InChI is InChI=1S/C30H35N5O8/c1-20-24(26(36)42-2)25(21-10-12-23(13-11-21)35(40)41)34(29(39)32-20)28(38)31-16-7-17-33-18-14-30(15-19-33,27(37)43-3)22-8-5-4-6-9-22/h4-6,8-13,25H,7,14-19H2,1-3H3,(H,31,38)(H,32,39). The number of esters is 2. The van der Waals surface area contributed by atoms with Crippen molar-refractivity contribution in [2.45, 2.75) is 37.6 Å². The molecule has 0 radical (unpaired) electrons. The van der Waals surface area contributed by atoms with Crippen molar-refractivity contribution in [3.8, 4) is 0 Å². The van der Waals surface area contributed by atoms with Gasteiger partial charge in [-0.3, -0.25) is 14.9 Å². The van der Waals surface area contributed by atoms with Gasteiger partial charge in [0.25, 0.3) is 5.69 Å². The Kier molecular flexibility index (Phi) is 9.76. The highest BCUT2D eigenvalue weighted by atomic mass is 16.6. The van der Waals surface area contributed by atoms with E-state index in [4.69, 9.17) is 9.47 Å². The number of hydrogen-bond donors (Lipinski definition) is 2. The number of nitro groups is 1. The number of carbonyl (C=O) groups is 4. The van der Waals surface area contributed by atoms with Gasteiger partial charge in [0, 0.05) is 24.4 Å². The third kappa shape index (κ3) is 6.51. The van der Waals surface area contributed by atoms with Gasteiger partial charge in [-0.25, -0.2) is 19.3 Å². The molecule has 1 unspecified atom stereocenters. The number of piperidine rings is 1. The van der Waals surface area contributed by atoms with Crippen molar-refractivity contribution in [3.05, 3.63) is 87.1 Å². The van der Waals surface area contributed by atoms with Crippen molar-refractivity contribution in [1.29, 1.82) is 0 Å². The number of non-ortho nitro benzene ring substituents is 1. The molecule has 13 nitrogen and oxygen atoms in total. The first-order valence-corrected chi connectivity index (χ1v) is 13.9. The highest BCUT2D eigenvalue weighted by Crippen LogP contribution is 2.37. The molecule has 2 aromatic rings. The van der Waals surface area contributed by atoms with Gasteiger partial charge in [0.1, 0.15) is 6.04 Å². The number of carbonyl (C=O) groups excluding carboxylic acids is 4. The summed E-state index contributed by atoms with van der Waals surface area (Å²) in [5.74, 6) is -0.995. The van der Waals surface area contributed by atoms with Gasteiger partial charge >= 0.3 is 24.0 Å². The number of allylic oxidation sites excluding steroid dienone is 1. The van der Waals surface area contributed by atoms with Crippen LogP contribution in [-0.2, 0) is 24.5 Å². The van der Waals surface area contributed by atoms with Crippen LogP contribution in [0.1, 0.15) is 43.4 Å². The lowest BCUT2D eigenvalue weighted by molar-refractivity contribution is -0.384. The van der Waals surface area contributed by atoms with E-state index in [-0.39, 0.29) is 29.5 Å². The summed E-state index contributed by atoms with van der Waals surface area (Å²) in [5.41, 5.74) is 0.645. The van der Waals surface area contributed by atoms with Crippen molar-refractivity contribution in [3.63, 3.8) is 0 Å². The lowest BCUT2D eigenvalue weighted by atomic mass is 9.72. The summed E-state index contributed by atoms with van der Waals surface area (Å²) < 4.78 is 10.1. The van der Waals surface area contributed by atoms with Crippen molar-refractivity contribution >= 4 is 29.7 Å². The molecule has 2 aliphatic rings. The van der Waals surface area contributed by atoms with Crippen LogP contribution in [0.15, 0.2) is 65.9 Å². The van der Waals surface area contributed by atoms with E-state index in [1.54, 1.807) is 0 Å². The summed E-state index contributed by atoms with van der Waals surface area (Å²) in [6.07, 6.45) is 1.77. The number of likely N-dealkylation sites (tertiary alicyclic amines) is 1. The maximum absolute atomic E-state index is 13.3. The molecule has 0 bridgehead atoms. The molecule has 1 atom stereocenters. The smallest absolute Gasteiger partial charge is 0.337 e. The molecule has 228 valence electrons. The first-order chi connectivity index (χ1) is 20.6. The molecule has 0 spiro atoms. The molecule has 1 fully saturated rings. The third-order valence-corrected chi connectivity index (χ3v) is 8.03. The van der Waals surface area contributed by atoms with Gasteiger partial charge in [0.05, 0.1) is 30.1 Å². The zero-order valence-electron chi connectivity index (χ0n) is 24.3. The second kappa shape index (κ2) is 13.5. The van der Waals surface area contributed by atoms with Crippen LogP contribution in [0.4, 0.5) is 15.3 Å². The molecule has 0 aromatic heterocycles. The fraction of sp³-hybridized carbons (Fsp3) is 0.400. The van der Waals surface area contributed by atoms with Crippen LogP contribution >= 0.6 is 0 Å². The lowest BCUT2D eigenvalue weighted by Gasteiger charge is -2.40. The average molecular weight is 594 g/mol. The fourth-order valence-electron chi connectivity index (χ4n) is 5.72. The Morgan fingerprint density at radius 3 is 2.28 bits per heavy atom. The third-order valence-electron chi connectivity index (χ3n) is 8.03. The number of imide groups is 1. The predicted molar refractivity (Wildman–Crippen MR) is 155 cm³/mol. The van der Waals surface area contributed by atoms with E-state index in [1.807, 2.05) is 30.3 Å². The summed E-state index contributed by atoms with van der Waals surface area (Å²) in [6.45, 7) is 3.74. The van der Waals surface area contributed by atoms with Crippen LogP contribution in [0.5, 0.6) is 0 Å². The average Bonchev–Trinajstić information content (AvgIpc) is 3.02. The van der Waals surface area contributed by atoms with E-state index < -0.39 is 34.4 Å². The van der Waals surface area contributed by atoms with E-state index in [2.05, 4.69) is 15.5 Å². The minimum atomic E-state index is -1.16. The molecule has 2 aliphatic heterocycles. The maximum atomic E-state index is 13.3. The van der Waals surface area contributed by atoms with E-state index in [1.165, 1.54) is 45.4 Å². The lowest BCUT2D eigenvalue weighted by Crippen LogP contribution is -2.54. The number of nitro benzene ring substituents is 1. The first-order valence-electron chi connectivity index (χ1n) is 13.9. The van der Waals surface area contributed by atoms with E-state index >= 15 is 0 Å². The Morgan fingerprint density at radius 2 is 1.70 bits per heavy atom. The number of benzene rings is 2. The number of ether oxygens (including phenoxy) is 2. The van der Waals surface area contributed by atoms with Gasteiger partial charge in [0.15, 0.2) is 0 Å². The van der Waals surface area contributed by atoms with Crippen molar-refractivity contribution < 1.29 is 33.6 Å². The second-order valence-corrected chi connectivity index (χ2v) is 10.4. The van der Waals surface area contributed by atoms with Crippen molar-refractivity contribution in [2.24, 2.45) is 0 Å². The zero-order chi connectivity index (χ0) is 31.1. The first kappa shape index (κ1) is 31.2. The minimum absolute atomic E-state index is 0.0342. The Labute approximate surface area is 249 Å². The van der Waals surface area contributed by atoms with E-state index in [9.17, 15) is 29.3 Å². The SMILES string of the molecule is COC(=O)C1=C(C)NC(=O)N(C(=O)NCCCN2CCC(C(=O)OC)(c3ccccc3)CC2)C1c1ccc([N+](=O)[O-])cc1. The summed E-state index contributed by atoms with van der Waals surface area (Å²) in [6, 6.07) is 12.3. The van der Waals surface area contributed by atoms with Crippen molar-refractivity contribution in [2.75, 3.05) is 40.4 Å². The molecule has 0 saturated carbocycles.